The Morgan fingerprint density at radius 2 is 1.67 bits per heavy atom. The molecule has 3 aromatic rings. The lowest BCUT2D eigenvalue weighted by molar-refractivity contribution is -0.130. The van der Waals surface area contributed by atoms with Gasteiger partial charge in [-0.25, -0.2) is 9.48 Å². The number of unbranched alkanes of at least 4 members (excludes halogenated alkanes) is 2. The average molecular weight is 493 g/mol. The van der Waals surface area contributed by atoms with Crippen molar-refractivity contribution in [2.75, 3.05) is 11.9 Å². The number of esters is 1. The number of amides is 2. The normalized spacial score (nSPS) is 11.7. The van der Waals surface area contributed by atoms with E-state index < -0.39 is 23.9 Å². The van der Waals surface area contributed by atoms with Crippen LogP contribution in [0.5, 0.6) is 0 Å². The molecule has 1 atom stereocenters. The molecule has 9 nitrogen and oxygen atoms in total. The SMILES string of the molecule is CCCCCn1nc(C(=O)OC(C)C(=O)NCC(=O)Nc2c(C)cccc2C)c2ccccc2c1=O. The standard InChI is InChI=1S/C27H32N4O5/c1-5-6-9-15-31-26(34)21-14-8-7-13-20(21)24(30-31)27(35)36-19(4)25(33)28-16-22(32)29-23-17(2)11-10-12-18(23)3/h7-8,10-14,19H,5-6,9,15-16H2,1-4H3,(H,28,33)(H,29,32). The van der Waals surface area contributed by atoms with Crippen LogP contribution < -0.4 is 16.2 Å². The third kappa shape index (κ3) is 6.35. The van der Waals surface area contributed by atoms with Gasteiger partial charge in [0.2, 0.25) is 5.91 Å². The molecule has 1 aromatic heterocycles. The van der Waals surface area contributed by atoms with E-state index in [-0.39, 0.29) is 17.8 Å². The number of para-hydroxylation sites is 1. The van der Waals surface area contributed by atoms with Gasteiger partial charge in [0.15, 0.2) is 11.8 Å². The van der Waals surface area contributed by atoms with Crippen LogP contribution >= 0.6 is 0 Å². The summed E-state index contributed by atoms with van der Waals surface area (Å²) in [6.07, 6.45) is 1.48. The first-order chi connectivity index (χ1) is 17.2. The number of rotatable bonds is 10. The number of benzene rings is 2. The molecule has 0 aliphatic rings. The zero-order valence-electron chi connectivity index (χ0n) is 21.1. The highest BCUT2D eigenvalue weighted by molar-refractivity contribution is 6.03. The van der Waals surface area contributed by atoms with Crippen LogP contribution in [0.2, 0.25) is 0 Å². The molecule has 0 saturated carbocycles. The van der Waals surface area contributed by atoms with Crippen molar-refractivity contribution in [3.8, 4) is 0 Å². The molecule has 2 amide bonds. The third-order valence-electron chi connectivity index (χ3n) is 5.86. The van der Waals surface area contributed by atoms with Gasteiger partial charge in [-0.15, -0.1) is 0 Å². The van der Waals surface area contributed by atoms with E-state index in [1.54, 1.807) is 24.3 Å². The van der Waals surface area contributed by atoms with Crippen molar-refractivity contribution < 1.29 is 19.1 Å². The molecule has 0 spiro atoms. The van der Waals surface area contributed by atoms with Crippen LogP contribution in [0.4, 0.5) is 5.69 Å². The maximum absolute atomic E-state index is 13.0. The number of anilines is 1. The smallest absolute Gasteiger partial charge is 0.360 e. The minimum absolute atomic E-state index is 0.0332. The molecule has 9 heteroatoms. The summed E-state index contributed by atoms with van der Waals surface area (Å²) >= 11 is 0. The Hall–Kier alpha value is -4.01. The second-order valence-corrected chi connectivity index (χ2v) is 8.71. The number of ether oxygens (including phenoxy) is 1. The summed E-state index contributed by atoms with van der Waals surface area (Å²) in [5, 5.41) is 10.2. The number of hydrogen-bond donors (Lipinski definition) is 2. The molecule has 1 heterocycles. The average Bonchev–Trinajstić information content (AvgIpc) is 2.86. The van der Waals surface area contributed by atoms with E-state index in [0.717, 1.165) is 30.4 Å². The molecular weight excluding hydrogens is 460 g/mol. The molecular formula is C27H32N4O5. The van der Waals surface area contributed by atoms with Crippen LogP contribution in [-0.4, -0.2) is 40.2 Å². The van der Waals surface area contributed by atoms with Crippen molar-refractivity contribution in [3.05, 3.63) is 69.6 Å². The molecule has 2 N–H and O–H groups in total. The maximum Gasteiger partial charge on any atom is 0.360 e. The number of fused-ring (bicyclic) bond motifs is 1. The lowest BCUT2D eigenvalue weighted by Crippen LogP contribution is -2.40. The molecule has 36 heavy (non-hydrogen) atoms. The van der Waals surface area contributed by atoms with Crippen molar-refractivity contribution in [2.45, 2.75) is 59.6 Å². The second-order valence-electron chi connectivity index (χ2n) is 8.71. The number of aryl methyl sites for hydroxylation is 3. The largest absolute Gasteiger partial charge is 0.448 e. The van der Waals surface area contributed by atoms with E-state index in [2.05, 4.69) is 22.7 Å². The number of nitrogens with zero attached hydrogens (tertiary/aromatic N) is 2. The summed E-state index contributed by atoms with van der Waals surface area (Å²) in [5.41, 5.74) is 2.21. The molecule has 2 aromatic carbocycles. The van der Waals surface area contributed by atoms with Gasteiger partial charge < -0.3 is 15.4 Å². The molecule has 0 bridgehead atoms. The quantitative estimate of drug-likeness (QED) is 0.330. The van der Waals surface area contributed by atoms with Gasteiger partial charge in [0.1, 0.15) is 0 Å². The molecule has 0 radical (unpaired) electrons. The summed E-state index contributed by atoms with van der Waals surface area (Å²) in [7, 11) is 0. The van der Waals surface area contributed by atoms with Crippen LogP contribution in [0, 0.1) is 13.8 Å². The van der Waals surface area contributed by atoms with Crippen LogP contribution in [-0.2, 0) is 20.9 Å². The highest BCUT2D eigenvalue weighted by Crippen LogP contribution is 2.19. The number of hydrogen-bond acceptors (Lipinski definition) is 6. The number of aromatic nitrogens is 2. The van der Waals surface area contributed by atoms with Gasteiger partial charge in [-0.1, -0.05) is 56.2 Å². The first-order valence-corrected chi connectivity index (χ1v) is 12.1. The van der Waals surface area contributed by atoms with E-state index in [9.17, 15) is 19.2 Å². The summed E-state index contributed by atoms with van der Waals surface area (Å²) in [4.78, 5) is 50.6. The predicted octanol–water partition coefficient (Wildman–Crippen LogP) is 3.50. The molecule has 0 saturated heterocycles. The van der Waals surface area contributed by atoms with E-state index in [4.69, 9.17) is 4.74 Å². The molecule has 3 rings (SSSR count). The first kappa shape index (κ1) is 26.6. The lowest BCUT2D eigenvalue weighted by atomic mass is 10.1. The summed E-state index contributed by atoms with van der Waals surface area (Å²) in [6.45, 7) is 7.33. The number of nitrogens with one attached hydrogen (secondary N) is 2. The molecule has 190 valence electrons. The van der Waals surface area contributed by atoms with Crippen molar-refractivity contribution in [2.24, 2.45) is 0 Å². The van der Waals surface area contributed by atoms with Gasteiger partial charge in [0, 0.05) is 17.6 Å². The number of carbonyl (C=O) groups is 3. The fraction of sp³-hybridized carbons (Fsp3) is 0.370. The van der Waals surface area contributed by atoms with Crippen molar-refractivity contribution >= 4 is 34.2 Å². The first-order valence-electron chi connectivity index (χ1n) is 12.1. The summed E-state index contributed by atoms with van der Waals surface area (Å²) in [6, 6.07) is 12.3. The Morgan fingerprint density at radius 3 is 2.33 bits per heavy atom. The van der Waals surface area contributed by atoms with Crippen molar-refractivity contribution in [3.63, 3.8) is 0 Å². The van der Waals surface area contributed by atoms with E-state index >= 15 is 0 Å². The zero-order chi connectivity index (χ0) is 26.2. The van der Waals surface area contributed by atoms with Crippen LogP contribution in [0.3, 0.4) is 0 Å². The van der Waals surface area contributed by atoms with Gasteiger partial charge in [-0.2, -0.15) is 5.10 Å². The minimum atomic E-state index is -1.17. The molecule has 0 fully saturated rings. The van der Waals surface area contributed by atoms with Gasteiger partial charge in [0.25, 0.3) is 11.5 Å². The van der Waals surface area contributed by atoms with Gasteiger partial charge in [-0.3, -0.25) is 14.4 Å². The second kappa shape index (κ2) is 12.1. The lowest BCUT2D eigenvalue weighted by Gasteiger charge is -2.15. The Labute approximate surface area is 209 Å². The molecule has 0 aliphatic carbocycles. The topological polar surface area (TPSA) is 119 Å². The van der Waals surface area contributed by atoms with Crippen LogP contribution in [0.15, 0.2) is 47.3 Å². The van der Waals surface area contributed by atoms with Gasteiger partial charge >= 0.3 is 5.97 Å². The summed E-state index contributed by atoms with van der Waals surface area (Å²) < 4.78 is 6.63. The summed E-state index contributed by atoms with van der Waals surface area (Å²) in [5.74, 6) is -1.84. The highest BCUT2D eigenvalue weighted by atomic mass is 16.5. The van der Waals surface area contributed by atoms with Crippen molar-refractivity contribution in [1.29, 1.82) is 0 Å². The van der Waals surface area contributed by atoms with Gasteiger partial charge in [0.05, 0.1) is 11.9 Å². The Morgan fingerprint density at radius 1 is 1.00 bits per heavy atom. The number of carbonyl (C=O) groups excluding carboxylic acids is 3. The monoisotopic (exact) mass is 492 g/mol. The van der Waals surface area contributed by atoms with E-state index in [1.165, 1.54) is 11.6 Å². The fourth-order valence-corrected chi connectivity index (χ4v) is 3.83. The van der Waals surface area contributed by atoms with Crippen LogP contribution in [0.1, 0.15) is 54.7 Å². The Bertz CT molecular complexity index is 1310. The third-order valence-corrected chi connectivity index (χ3v) is 5.86. The molecule has 0 aliphatic heterocycles. The van der Waals surface area contributed by atoms with Crippen LogP contribution in [0.25, 0.3) is 10.8 Å². The Balaban J connectivity index is 1.67. The zero-order valence-corrected chi connectivity index (χ0v) is 21.1. The van der Waals surface area contributed by atoms with Gasteiger partial charge in [-0.05, 0) is 44.4 Å². The minimum Gasteiger partial charge on any atom is -0.448 e. The molecule has 1 unspecified atom stereocenters. The fourth-order valence-electron chi connectivity index (χ4n) is 3.83. The Kier molecular flexibility index (Phi) is 8.94. The highest BCUT2D eigenvalue weighted by Gasteiger charge is 2.23. The van der Waals surface area contributed by atoms with E-state index in [0.29, 0.717) is 23.0 Å². The van der Waals surface area contributed by atoms with E-state index in [1.807, 2.05) is 32.0 Å². The maximum atomic E-state index is 13.0. The van der Waals surface area contributed by atoms with Crippen molar-refractivity contribution in [1.82, 2.24) is 15.1 Å². The predicted molar refractivity (Wildman–Crippen MR) is 138 cm³/mol.